The summed E-state index contributed by atoms with van der Waals surface area (Å²) in [7, 11) is 1.54. The molecule has 6 heteroatoms. The molecular formula is C18H22N4O2. The lowest BCUT2D eigenvalue weighted by molar-refractivity contribution is 0.0931. The van der Waals surface area contributed by atoms with Crippen LogP contribution in [0.25, 0.3) is 0 Å². The number of ether oxygens (including phenoxy) is 1. The van der Waals surface area contributed by atoms with Crippen LogP contribution in [0.3, 0.4) is 0 Å². The second-order valence-corrected chi connectivity index (χ2v) is 5.88. The number of piperidine rings is 1. The van der Waals surface area contributed by atoms with Crippen molar-refractivity contribution in [1.82, 2.24) is 10.3 Å². The molecule has 0 spiro atoms. The summed E-state index contributed by atoms with van der Waals surface area (Å²) in [5.41, 5.74) is 6.88. The number of methoxy groups -OCH3 is 1. The predicted molar refractivity (Wildman–Crippen MR) is 94.3 cm³/mol. The summed E-state index contributed by atoms with van der Waals surface area (Å²) < 4.78 is 5.17. The number of hydrogen-bond acceptors (Lipinski definition) is 5. The summed E-state index contributed by atoms with van der Waals surface area (Å²) in [5.74, 6) is 1.42. The number of benzene rings is 1. The standard InChI is InChI=1S/C18H22N4O2/c1-24-16-12-13(5-6-15(16)19)18(23)21-14-7-10-22(11-8-14)17-4-2-3-9-20-17/h2-6,9,12,14H,7-8,10-11,19H2,1H3,(H,21,23). The molecule has 3 N–H and O–H groups in total. The predicted octanol–water partition coefficient (Wildman–Crippen LogP) is 2.07. The van der Waals surface area contributed by atoms with Crippen LogP contribution in [-0.2, 0) is 0 Å². The molecule has 1 aliphatic rings. The number of carbonyl (C=O) groups excluding carboxylic acids is 1. The fourth-order valence-corrected chi connectivity index (χ4v) is 2.91. The quantitative estimate of drug-likeness (QED) is 0.841. The first-order chi connectivity index (χ1) is 11.7. The second-order valence-electron chi connectivity index (χ2n) is 5.88. The number of hydrogen-bond donors (Lipinski definition) is 2. The molecule has 0 saturated carbocycles. The van der Waals surface area contributed by atoms with Crippen LogP contribution in [0.4, 0.5) is 11.5 Å². The van der Waals surface area contributed by atoms with E-state index in [1.807, 2.05) is 18.2 Å². The van der Waals surface area contributed by atoms with Crippen LogP contribution < -0.4 is 20.7 Å². The molecule has 1 saturated heterocycles. The van der Waals surface area contributed by atoms with Gasteiger partial charge in [0.2, 0.25) is 0 Å². The van der Waals surface area contributed by atoms with Gasteiger partial charge in [0.25, 0.3) is 5.91 Å². The van der Waals surface area contributed by atoms with Crippen LogP contribution in [0.5, 0.6) is 5.75 Å². The van der Waals surface area contributed by atoms with Crippen LogP contribution in [0.1, 0.15) is 23.2 Å². The van der Waals surface area contributed by atoms with E-state index in [2.05, 4.69) is 15.2 Å². The van der Waals surface area contributed by atoms with E-state index in [-0.39, 0.29) is 11.9 Å². The maximum Gasteiger partial charge on any atom is 0.251 e. The van der Waals surface area contributed by atoms with Gasteiger partial charge in [-0.25, -0.2) is 4.98 Å². The minimum Gasteiger partial charge on any atom is -0.495 e. The molecule has 0 unspecified atom stereocenters. The molecule has 2 aromatic rings. The Bertz CT molecular complexity index is 697. The van der Waals surface area contributed by atoms with Crippen molar-refractivity contribution in [2.75, 3.05) is 30.8 Å². The van der Waals surface area contributed by atoms with Crippen LogP contribution in [0.15, 0.2) is 42.6 Å². The van der Waals surface area contributed by atoms with Crippen molar-refractivity contribution < 1.29 is 9.53 Å². The number of nitrogens with one attached hydrogen (secondary N) is 1. The van der Waals surface area contributed by atoms with Crippen molar-refractivity contribution in [2.24, 2.45) is 0 Å². The van der Waals surface area contributed by atoms with Crippen LogP contribution in [-0.4, -0.2) is 37.1 Å². The summed E-state index contributed by atoms with van der Waals surface area (Å²) in [6, 6.07) is 11.2. The van der Waals surface area contributed by atoms with E-state index in [0.717, 1.165) is 31.7 Å². The van der Waals surface area contributed by atoms with Gasteiger partial charge in [0.1, 0.15) is 11.6 Å². The first-order valence-electron chi connectivity index (χ1n) is 8.07. The van der Waals surface area contributed by atoms with E-state index in [0.29, 0.717) is 17.0 Å². The summed E-state index contributed by atoms with van der Waals surface area (Å²) in [6.45, 7) is 1.76. The number of rotatable bonds is 4. The number of carbonyl (C=O) groups is 1. The lowest BCUT2D eigenvalue weighted by Crippen LogP contribution is -2.44. The molecule has 1 amide bonds. The van der Waals surface area contributed by atoms with Crippen molar-refractivity contribution in [2.45, 2.75) is 18.9 Å². The number of pyridine rings is 1. The molecule has 0 atom stereocenters. The van der Waals surface area contributed by atoms with Gasteiger partial charge < -0.3 is 20.7 Å². The summed E-state index contributed by atoms with van der Waals surface area (Å²) >= 11 is 0. The zero-order chi connectivity index (χ0) is 16.9. The third-order valence-corrected chi connectivity index (χ3v) is 4.30. The van der Waals surface area contributed by atoms with E-state index < -0.39 is 0 Å². The van der Waals surface area contributed by atoms with Crippen molar-refractivity contribution in [3.63, 3.8) is 0 Å². The molecule has 1 fully saturated rings. The van der Waals surface area contributed by atoms with E-state index in [1.165, 1.54) is 0 Å². The fourth-order valence-electron chi connectivity index (χ4n) is 2.91. The van der Waals surface area contributed by atoms with E-state index in [1.54, 1.807) is 31.5 Å². The Kier molecular flexibility index (Phi) is 4.84. The van der Waals surface area contributed by atoms with Crippen molar-refractivity contribution in [3.05, 3.63) is 48.2 Å². The van der Waals surface area contributed by atoms with Crippen LogP contribution in [0.2, 0.25) is 0 Å². The highest BCUT2D eigenvalue weighted by Gasteiger charge is 2.22. The SMILES string of the molecule is COc1cc(C(=O)NC2CCN(c3ccccn3)CC2)ccc1N. The highest BCUT2D eigenvalue weighted by Crippen LogP contribution is 2.23. The topological polar surface area (TPSA) is 80.5 Å². The molecular weight excluding hydrogens is 304 g/mol. The number of nitrogens with zero attached hydrogens (tertiary/aromatic N) is 2. The fraction of sp³-hybridized carbons (Fsp3) is 0.333. The van der Waals surface area contributed by atoms with Gasteiger partial charge in [-0.3, -0.25) is 4.79 Å². The van der Waals surface area contributed by atoms with Gasteiger partial charge in [0.15, 0.2) is 0 Å². The number of anilines is 2. The summed E-state index contributed by atoms with van der Waals surface area (Å²) in [5, 5.41) is 3.10. The molecule has 2 heterocycles. The number of nitrogens with two attached hydrogens (primary N) is 1. The maximum absolute atomic E-state index is 12.4. The zero-order valence-corrected chi connectivity index (χ0v) is 13.7. The second kappa shape index (κ2) is 7.21. The summed E-state index contributed by atoms with van der Waals surface area (Å²) in [4.78, 5) is 19.0. The molecule has 0 aliphatic carbocycles. The molecule has 1 aliphatic heterocycles. The lowest BCUT2D eigenvalue weighted by atomic mass is 10.0. The molecule has 3 rings (SSSR count). The lowest BCUT2D eigenvalue weighted by Gasteiger charge is -2.33. The third-order valence-electron chi connectivity index (χ3n) is 4.30. The smallest absolute Gasteiger partial charge is 0.251 e. The van der Waals surface area contributed by atoms with Gasteiger partial charge in [0.05, 0.1) is 12.8 Å². The minimum absolute atomic E-state index is 0.0930. The van der Waals surface area contributed by atoms with Gasteiger partial charge >= 0.3 is 0 Å². The van der Waals surface area contributed by atoms with Gasteiger partial charge in [-0.2, -0.15) is 0 Å². The van der Waals surface area contributed by atoms with E-state index in [9.17, 15) is 4.79 Å². The average Bonchev–Trinajstić information content (AvgIpc) is 2.63. The molecule has 1 aromatic heterocycles. The molecule has 24 heavy (non-hydrogen) atoms. The number of amides is 1. The highest BCUT2D eigenvalue weighted by molar-refractivity contribution is 5.95. The maximum atomic E-state index is 12.4. The number of aromatic nitrogens is 1. The first-order valence-corrected chi connectivity index (χ1v) is 8.07. The minimum atomic E-state index is -0.0930. The van der Waals surface area contributed by atoms with E-state index in [4.69, 9.17) is 10.5 Å². The Morgan fingerprint density at radius 1 is 1.29 bits per heavy atom. The number of nitrogen functional groups attached to an aromatic ring is 1. The van der Waals surface area contributed by atoms with Gasteiger partial charge in [-0.05, 0) is 43.2 Å². The van der Waals surface area contributed by atoms with Crippen molar-refractivity contribution >= 4 is 17.4 Å². The first kappa shape index (κ1) is 16.1. The molecule has 0 bridgehead atoms. The van der Waals surface area contributed by atoms with Gasteiger partial charge in [-0.15, -0.1) is 0 Å². The van der Waals surface area contributed by atoms with Crippen molar-refractivity contribution in [1.29, 1.82) is 0 Å². The summed E-state index contributed by atoms with van der Waals surface area (Å²) in [6.07, 6.45) is 3.60. The normalized spacial score (nSPS) is 15.1. The Balaban J connectivity index is 1.57. The monoisotopic (exact) mass is 326 g/mol. The largest absolute Gasteiger partial charge is 0.495 e. The zero-order valence-electron chi connectivity index (χ0n) is 13.7. The molecule has 1 aromatic carbocycles. The average molecular weight is 326 g/mol. The Hall–Kier alpha value is -2.76. The highest BCUT2D eigenvalue weighted by atomic mass is 16.5. The van der Waals surface area contributed by atoms with E-state index >= 15 is 0 Å². The van der Waals surface area contributed by atoms with Crippen LogP contribution >= 0.6 is 0 Å². The Morgan fingerprint density at radius 3 is 2.75 bits per heavy atom. The van der Waals surface area contributed by atoms with Gasteiger partial charge in [-0.1, -0.05) is 6.07 Å². The van der Waals surface area contributed by atoms with Crippen molar-refractivity contribution in [3.8, 4) is 5.75 Å². The molecule has 0 radical (unpaired) electrons. The molecule has 6 nitrogen and oxygen atoms in total. The Labute approximate surface area is 141 Å². The Morgan fingerprint density at radius 2 is 2.08 bits per heavy atom. The van der Waals surface area contributed by atoms with Crippen LogP contribution in [0, 0.1) is 0 Å². The third kappa shape index (κ3) is 3.59. The molecule has 126 valence electrons. The van der Waals surface area contributed by atoms with Gasteiger partial charge in [0, 0.05) is 30.9 Å².